The van der Waals surface area contributed by atoms with Crippen LogP contribution in [0.1, 0.15) is 44.9 Å². The maximum Gasteiger partial charge on any atom is 0.230 e. The number of benzene rings is 1. The molecule has 0 spiro atoms. The van der Waals surface area contributed by atoms with Crippen molar-refractivity contribution in [3.63, 3.8) is 0 Å². The minimum Gasteiger partial charge on any atom is -0.336 e. The standard InChI is InChI=1S/C20H26N4O/c1-14-12-16-10-6-7-11-17(16)24(14)19(25)13-18-21-22-20(23(18)2)15-8-4-3-5-9-15/h3-5,8-9,14,16-17H,6-7,10-13H2,1-2H3/t14-,16+,17-/m1/s1. The summed E-state index contributed by atoms with van der Waals surface area (Å²) in [7, 11) is 1.95. The lowest BCUT2D eigenvalue weighted by Gasteiger charge is -2.33. The molecular weight excluding hydrogens is 312 g/mol. The van der Waals surface area contributed by atoms with Crippen LogP contribution in [-0.2, 0) is 18.3 Å². The van der Waals surface area contributed by atoms with Gasteiger partial charge in [-0.15, -0.1) is 10.2 Å². The number of hydrogen-bond acceptors (Lipinski definition) is 3. The van der Waals surface area contributed by atoms with Gasteiger partial charge >= 0.3 is 0 Å². The van der Waals surface area contributed by atoms with E-state index in [1.165, 1.54) is 19.3 Å². The summed E-state index contributed by atoms with van der Waals surface area (Å²) >= 11 is 0. The lowest BCUT2D eigenvalue weighted by Crippen LogP contribution is -2.43. The number of rotatable bonds is 3. The molecule has 2 fully saturated rings. The van der Waals surface area contributed by atoms with Gasteiger partial charge in [-0.05, 0) is 32.1 Å². The molecule has 1 amide bonds. The molecule has 5 nitrogen and oxygen atoms in total. The fourth-order valence-electron chi connectivity index (χ4n) is 4.72. The molecule has 4 rings (SSSR count). The normalized spacial score (nSPS) is 25.8. The van der Waals surface area contributed by atoms with Gasteiger partial charge in [-0.1, -0.05) is 43.2 Å². The van der Waals surface area contributed by atoms with E-state index in [0.29, 0.717) is 24.4 Å². The summed E-state index contributed by atoms with van der Waals surface area (Å²) in [5.74, 6) is 2.47. The molecule has 25 heavy (non-hydrogen) atoms. The predicted octanol–water partition coefficient (Wildman–Crippen LogP) is 3.20. The summed E-state index contributed by atoms with van der Waals surface area (Å²) in [5, 5.41) is 8.61. The van der Waals surface area contributed by atoms with Gasteiger partial charge < -0.3 is 9.47 Å². The number of carbonyl (C=O) groups excluding carboxylic acids is 1. The molecule has 1 aromatic carbocycles. The van der Waals surface area contributed by atoms with E-state index in [1.807, 2.05) is 41.9 Å². The molecule has 5 heteroatoms. The summed E-state index contributed by atoms with van der Waals surface area (Å²) < 4.78 is 1.95. The second kappa shape index (κ2) is 6.62. The van der Waals surface area contributed by atoms with Crippen LogP contribution in [0.5, 0.6) is 0 Å². The minimum absolute atomic E-state index is 0.206. The summed E-state index contributed by atoms with van der Waals surface area (Å²) in [6.45, 7) is 2.20. The third-order valence-corrected chi connectivity index (χ3v) is 5.94. The van der Waals surface area contributed by atoms with Crippen molar-refractivity contribution in [1.29, 1.82) is 0 Å². The van der Waals surface area contributed by atoms with Gasteiger partial charge in [0.05, 0.1) is 6.42 Å². The Balaban J connectivity index is 1.52. The van der Waals surface area contributed by atoms with Gasteiger partial charge in [-0.3, -0.25) is 4.79 Å². The Morgan fingerprint density at radius 1 is 1.16 bits per heavy atom. The number of likely N-dealkylation sites (tertiary alicyclic amines) is 1. The molecule has 0 bridgehead atoms. The number of aromatic nitrogens is 3. The molecule has 1 saturated heterocycles. The zero-order valence-electron chi connectivity index (χ0n) is 15.1. The van der Waals surface area contributed by atoms with E-state index in [2.05, 4.69) is 22.0 Å². The van der Waals surface area contributed by atoms with Crippen molar-refractivity contribution < 1.29 is 4.79 Å². The Labute approximate surface area is 149 Å². The highest BCUT2D eigenvalue weighted by Crippen LogP contribution is 2.39. The van der Waals surface area contributed by atoms with Crippen LogP contribution in [-0.4, -0.2) is 37.7 Å². The molecule has 0 radical (unpaired) electrons. The van der Waals surface area contributed by atoms with Crippen LogP contribution in [0, 0.1) is 5.92 Å². The summed E-state index contributed by atoms with van der Waals surface area (Å²) in [5.41, 5.74) is 1.03. The second-order valence-corrected chi connectivity index (χ2v) is 7.54. The van der Waals surface area contributed by atoms with Crippen LogP contribution >= 0.6 is 0 Å². The number of nitrogens with zero attached hydrogens (tertiary/aromatic N) is 4. The molecule has 1 saturated carbocycles. The molecule has 132 valence electrons. The average molecular weight is 338 g/mol. The first kappa shape index (κ1) is 16.3. The van der Waals surface area contributed by atoms with Gasteiger partial charge in [-0.2, -0.15) is 0 Å². The first-order chi connectivity index (χ1) is 12.1. The van der Waals surface area contributed by atoms with Crippen molar-refractivity contribution in [3.8, 4) is 11.4 Å². The first-order valence-corrected chi connectivity index (χ1v) is 9.40. The van der Waals surface area contributed by atoms with E-state index >= 15 is 0 Å². The number of amides is 1. The third-order valence-electron chi connectivity index (χ3n) is 5.94. The molecule has 1 aromatic heterocycles. The van der Waals surface area contributed by atoms with Crippen molar-refractivity contribution >= 4 is 5.91 Å². The highest BCUT2D eigenvalue weighted by molar-refractivity contribution is 5.79. The van der Waals surface area contributed by atoms with Crippen molar-refractivity contribution in [1.82, 2.24) is 19.7 Å². The van der Waals surface area contributed by atoms with Crippen molar-refractivity contribution in [3.05, 3.63) is 36.2 Å². The van der Waals surface area contributed by atoms with Crippen LogP contribution in [0.25, 0.3) is 11.4 Å². The minimum atomic E-state index is 0.206. The van der Waals surface area contributed by atoms with Gasteiger partial charge in [0.15, 0.2) is 5.82 Å². The molecule has 2 aromatic rings. The van der Waals surface area contributed by atoms with Crippen LogP contribution in [0.2, 0.25) is 0 Å². The lowest BCUT2D eigenvalue weighted by atomic mass is 9.85. The molecule has 0 unspecified atom stereocenters. The highest BCUT2D eigenvalue weighted by atomic mass is 16.2. The number of fused-ring (bicyclic) bond motifs is 1. The topological polar surface area (TPSA) is 51.0 Å². The van der Waals surface area contributed by atoms with Gasteiger partial charge in [0.25, 0.3) is 0 Å². The van der Waals surface area contributed by atoms with E-state index in [1.54, 1.807) is 0 Å². The van der Waals surface area contributed by atoms with Gasteiger partial charge in [0.1, 0.15) is 5.82 Å². The summed E-state index contributed by atoms with van der Waals surface area (Å²) in [6.07, 6.45) is 6.50. The molecule has 3 atom stereocenters. The zero-order valence-corrected chi connectivity index (χ0v) is 15.1. The van der Waals surface area contributed by atoms with E-state index in [4.69, 9.17) is 0 Å². The van der Waals surface area contributed by atoms with Crippen LogP contribution in [0.4, 0.5) is 0 Å². The molecule has 1 aliphatic carbocycles. The average Bonchev–Trinajstić information content (AvgIpc) is 3.15. The maximum absolute atomic E-state index is 13.0. The third kappa shape index (κ3) is 2.96. The summed E-state index contributed by atoms with van der Waals surface area (Å²) in [4.78, 5) is 15.2. The molecule has 0 N–H and O–H groups in total. The lowest BCUT2D eigenvalue weighted by molar-refractivity contribution is -0.134. The maximum atomic E-state index is 13.0. The SMILES string of the molecule is C[C@@H]1C[C@@H]2CCCC[C@H]2N1C(=O)Cc1nnc(-c2ccccc2)n1C. The Bertz CT molecular complexity index is 754. The Hall–Kier alpha value is -2.17. The zero-order chi connectivity index (χ0) is 17.4. The van der Waals surface area contributed by atoms with E-state index in [-0.39, 0.29) is 5.91 Å². The van der Waals surface area contributed by atoms with Crippen molar-refractivity contribution in [2.75, 3.05) is 0 Å². The Morgan fingerprint density at radius 2 is 1.92 bits per heavy atom. The molecule has 1 aliphatic heterocycles. The van der Waals surface area contributed by atoms with Crippen LogP contribution in [0.15, 0.2) is 30.3 Å². The molecular formula is C20H26N4O. The Morgan fingerprint density at radius 3 is 2.72 bits per heavy atom. The smallest absolute Gasteiger partial charge is 0.230 e. The number of hydrogen-bond donors (Lipinski definition) is 0. The predicted molar refractivity (Wildman–Crippen MR) is 96.8 cm³/mol. The van der Waals surface area contributed by atoms with Gasteiger partial charge in [0, 0.05) is 24.7 Å². The quantitative estimate of drug-likeness (QED) is 0.863. The van der Waals surface area contributed by atoms with E-state index in [9.17, 15) is 4.79 Å². The monoisotopic (exact) mass is 338 g/mol. The van der Waals surface area contributed by atoms with Gasteiger partial charge in [0.2, 0.25) is 5.91 Å². The van der Waals surface area contributed by atoms with Crippen molar-refractivity contribution in [2.45, 2.75) is 57.5 Å². The van der Waals surface area contributed by atoms with Crippen LogP contribution in [0.3, 0.4) is 0 Å². The second-order valence-electron chi connectivity index (χ2n) is 7.54. The van der Waals surface area contributed by atoms with Gasteiger partial charge in [-0.25, -0.2) is 0 Å². The Kier molecular flexibility index (Phi) is 4.32. The molecule has 2 heterocycles. The summed E-state index contributed by atoms with van der Waals surface area (Å²) in [6, 6.07) is 10.8. The van der Waals surface area contributed by atoms with Crippen LogP contribution < -0.4 is 0 Å². The first-order valence-electron chi connectivity index (χ1n) is 9.40. The fraction of sp³-hybridized carbons (Fsp3) is 0.550. The highest BCUT2D eigenvalue weighted by Gasteiger charge is 2.42. The fourth-order valence-corrected chi connectivity index (χ4v) is 4.72. The number of carbonyl (C=O) groups is 1. The van der Waals surface area contributed by atoms with Crippen molar-refractivity contribution in [2.24, 2.45) is 13.0 Å². The van der Waals surface area contributed by atoms with E-state index < -0.39 is 0 Å². The molecule has 2 aliphatic rings. The van der Waals surface area contributed by atoms with E-state index in [0.717, 1.165) is 30.1 Å². The largest absolute Gasteiger partial charge is 0.336 e.